The highest BCUT2D eigenvalue weighted by Gasteiger charge is 2.43. The van der Waals surface area contributed by atoms with Crippen molar-refractivity contribution in [3.05, 3.63) is 23.1 Å². The van der Waals surface area contributed by atoms with E-state index in [1.807, 2.05) is 0 Å². The molecule has 0 aliphatic rings. The summed E-state index contributed by atoms with van der Waals surface area (Å²) >= 11 is 5.08. The van der Waals surface area contributed by atoms with Crippen molar-refractivity contribution >= 4 is 11.6 Å². The molecule has 2 nitrogen and oxygen atoms in total. The van der Waals surface area contributed by atoms with Gasteiger partial charge in [0.2, 0.25) is 5.88 Å². The van der Waals surface area contributed by atoms with Crippen LogP contribution in [-0.2, 0) is 12.1 Å². The predicted molar refractivity (Wildman–Crippen MR) is 45.4 cm³/mol. The lowest BCUT2D eigenvalue weighted by molar-refractivity contribution is -0.278. The smallest absolute Gasteiger partial charge is 0.387 e. The Hall–Kier alpha value is -1.25. The number of ether oxygens (including phenoxy) is 1. The van der Waals surface area contributed by atoms with E-state index in [0.717, 1.165) is 0 Å². The molecule has 0 bridgehead atoms. The predicted octanol–water partition coefficient (Wildman–Crippen LogP) is 3.88. The van der Waals surface area contributed by atoms with Gasteiger partial charge in [-0.25, -0.2) is 9.37 Å². The Morgan fingerprint density at radius 2 is 1.72 bits per heavy atom. The summed E-state index contributed by atoms with van der Waals surface area (Å²) in [5.41, 5.74) is -3.13. The minimum atomic E-state index is -5.38. The minimum Gasteiger partial charge on any atom is -0.387 e. The maximum atomic E-state index is 13.0. The van der Waals surface area contributed by atoms with Crippen LogP contribution in [0.15, 0.2) is 6.20 Å². The lowest BCUT2D eigenvalue weighted by Gasteiger charge is -2.16. The second-order valence-electron chi connectivity index (χ2n) is 2.94. The maximum absolute atomic E-state index is 13.0. The SMILES string of the molecule is Fc1cnc(OC(F)(F)F)c(C(F)(F)F)c1CCl. The highest BCUT2D eigenvalue weighted by Crippen LogP contribution is 2.40. The van der Waals surface area contributed by atoms with Crippen LogP contribution in [0.4, 0.5) is 30.7 Å². The lowest BCUT2D eigenvalue weighted by Crippen LogP contribution is -2.22. The van der Waals surface area contributed by atoms with Gasteiger partial charge < -0.3 is 4.74 Å². The Kier molecular flexibility index (Phi) is 3.94. The first-order valence-corrected chi connectivity index (χ1v) is 4.66. The molecule has 0 radical (unpaired) electrons. The molecule has 0 unspecified atom stereocenters. The Balaban J connectivity index is 3.43. The highest BCUT2D eigenvalue weighted by atomic mass is 35.5. The molecule has 1 rings (SSSR count). The number of alkyl halides is 7. The van der Waals surface area contributed by atoms with Crippen LogP contribution in [-0.4, -0.2) is 11.3 Å². The second-order valence-corrected chi connectivity index (χ2v) is 3.21. The van der Waals surface area contributed by atoms with Gasteiger partial charge >= 0.3 is 12.5 Å². The molecule has 0 N–H and O–H groups in total. The van der Waals surface area contributed by atoms with Crippen LogP contribution in [0.5, 0.6) is 5.88 Å². The molecule has 0 saturated heterocycles. The molecular formula is C8H3ClF7NO. The molecule has 1 heterocycles. The third-order valence-electron chi connectivity index (χ3n) is 1.73. The first-order valence-electron chi connectivity index (χ1n) is 4.12. The summed E-state index contributed by atoms with van der Waals surface area (Å²) < 4.78 is 89.4. The molecule has 10 heteroatoms. The highest BCUT2D eigenvalue weighted by molar-refractivity contribution is 6.17. The van der Waals surface area contributed by atoms with Gasteiger partial charge in [0.15, 0.2) is 0 Å². The van der Waals surface area contributed by atoms with E-state index >= 15 is 0 Å². The summed E-state index contributed by atoms with van der Waals surface area (Å²) in [6.45, 7) is 0. The van der Waals surface area contributed by atoms with E-state index in [1.54, 1.807) is 0 Å². The van der Waals surface area contributed by atoms with Crippen LogP contribution in [0.1, 0.15) is 11.1 Å². The minimum absolute atomic E-state index is 0.175. The van der Waals surface area contributed by atoms with Crippen molar-refractivity contribution in [2.24, 2.45) is 0 Å². The molecule has 0 saturated carbocycles. The quantitative estimate of drug-likeness (QED) is 0.610. The summed E-state index contributed by atoms with van der Waals surface area (Å²) in [7, 11) is 0. The molecule has 102 valence electrons. The molecule has 0 atom stereocenters. The number of aromatic nitrogens is 1. The van der Waals surface area contributed by atoms with E-state index in [4.69, 9.17) is 11.6 Å². The van der Waals surface area contributed by atoms with Gasteiger partial charge in [0.25, 0.3) is 0 Å². The van der Waals surface area contributed by atoms with Crippen molar-refractivity contribution in [2.75, 3.05) is 0 Å². The fourth-order valence-corrected chi connectivity index (χ4v) is 1.38. The van der Waals surface area contributed by atoms with E-state index in [0.29, 0.717) is 0 Å². The van der Waals surface area contributed by atoms with Crippen LogP contribution in [0.3, 0.4) is 0 Å². The van der Waals surface area contributed by atoms with Gasteiger partial charge in [0.05, 0.1) is 12.1 Å². The Bertz CT molecular complexity index is 442. The Labute approximate surface area is 100 Å². The molecular weight excluding hydrogens is 295 g/mol. The first kappa shape index (κ1) is 14.8. The van der Waals surface area contributed by atoms with Crippen LogP contribution in [0.25, 0.3) is 0 Å². The molecule has 0 spiro atoms. The van der Waals surface area contributed by atoms with Gasteiger partial charge in [-0.3, -0.25) is 0 Å². The van der Waals surface area contributed by atoms with Crippen LogP contribution in [0.2, 0.25) is 0 Å². The third kappa shape index (κ3) is 3.37. The number of nitrogens with zero attached hydrogens (tertiary/aromatic N) is 1. The Morgan fingerprint density at radius 1 is 1.17 bits per heavy atom. The summed E-state index contributed by atoms with van der Waals surface area (Å²) in [5.74, 6) is -4.23. The van der Waals surface area contributed by atoms with E-state index < -0.39 is 41.2 Å². The van der Waals surface area contributed by atoms with Crippen molar-refractivity contribution in [2.45, 2.75) is 18.4 Å². The Morgan fingerprint density at radius 3 is 2.11 bits per heavy atom. The molecule has 0 aromatic carbocycles. The summed E-state index contributed by atoms with van der Waals surface area (Å²) in [6, 6.07) is 0. The molecule has 0 amide bonds. The third-order valence-corrected chi connectivity index (χ3v) is 2.00. The molecule has 0 aliphatic carbocycles. The van der Waals surface area contributed by atoms with Gasteiger partial charge in [-0.15, -0.1) is 24.8 Å². The van der Waals surface area contributed by atoms with Gasteiger partial charge in [0.1, 0.15) is 11.4 Å². The van der Waals surface area contributed by atoms with Crippen molar-refractivity contribution < 1.29 is 35.5 Å². The van der Waals surface area contributed by atoms with E-state index in [1.165, 1.54) is 0 Å². The average Bonchev–Trinajstić information content (AvgIpc) is 2.16. The van der Waals surface area contributed by atoms with Gasteiger partial charge in [0, 0.05) is 5.56 Å². The van der Waals surface area contributed by atoms with E-state index in [-0.39, 0.29) is 6.20 Å². The van der Waals surface area contributed by atoms with Gasteiger partial charge in [-0.1, -0.05) is 0 Å². The summed E-state index contributed by atoms with van der Waals surface area (Å²) in [6.07, 6.45) is -10.5. The summed E-state index contributed by atoms with van der Waals surface area (Å²) in [5, 5.41) is 0. The molecule has 0 aliphatic heterocycles. The molecule has 18 heavy (non-hydrogen) atoms. The van der Waals surface area contributed by atoms with Crippen molar-refractivity contribution in [3.63, 3.8) is 0 Å². The number of hydrogen-bond acceptors (Lipinski definition) is 2. The largest absolute Gasteiger partial charge is 0.574 e. The molecule has 1 aromatic rings. The summed E-state index contributed by atoms with van der Waals surface area (Å²) in [4.78, 5) is 2.64. The zero-order valence-corrected chi connectivity index (χ0v) is 8.92. The topological polar surface area (TPSA) is 22.1 Å². The van der Waals surface area contributed by atoms with Crippen molar-refractivity contribution in [1.29, 1.82) is 0 Å². The fourth-order valence-electron chi connectivity index (χ4n) is 1.12. The fraction of sp³-hybridized carbons (Fsp3) is 0.375. The van der Waals surface area contributed by atoms with E-state index in [2.05, 4.69) is 9.72 Å². The van der Waals surface area contributed by atoms with Crippen LogP contribution >= 0.6 is 11.6 Å². The lowest BCUT2D eigenvalue weighted by atomic mass is 10.1. The number of halogens is 8. The monoisotopic (exact) mass is 297 g/mol. The molecule has 0 fully saturated rings. The maximum Gasteiger partial charge on any atom is 0.574 e. The van der Waals surface area contributed by atoms with Gasteiger partial charge in [-0.05, 0) is 0 Å². The average molecular weight is 298 g/mol. The van der Waals surface area contributed by atoms with Crippen LogP contribution < -0.4 is 4.74 Å². The first-order chi connectivity index (χ1) is 8.06. The zero-order chi connectivity index (χ0) is 14.1. The van der Waals surface area contributed by atoms with Crippen molar-refractivity contribution in [3.8, 4) is 5.88 Å². The number of pyridine rings is 1. The van der Waals surface area contributed by atoms with Crippen LogP contribution in [0, 0.1) is 5.82 Å². The zero-order valence-electron chi connectivity index (χ0n) is 8.16. The number of hydrogen-bond donors (Lipinski definition) is 0. The normalized spacial score (nSPS) is 12.7. The van der Waals surface area contributed by atoms with E-state index in [9.17, 15) is 30.7 Å². The van der Waals surface area contributed by atoms with Crippen molar-refractivity contribution in [1.82, 2.24) is 4.98 Å². The standard InChI is InChI=1S/C8H3ClF7NO/c9-1-3-4(10)2-17-6(18-8(14,15)16)5(3)7(11,12)13/h2H,1H2. The second kappa shape index (κ2) is 4.79. The van der Waals surface area contributed by atoms with Gasteiger partial charge in [-0.2, -0.15) is 13.2 Å². The molecule has 1 aromatic heterocycles. The number of rotatable bonds is 2.